The van der Waals surface area contributed by atoms with Crippen molar-refractivity contribution in [1.29, 1.82) is 0 Å². The summed E-state index contributed by atoms with van der Waals surface area (Å²) in [5.74, 6) is 1.47. The molecule has 1 aliphatic heterocycles. The van der Waals surface area contributed by atoms with Crippen molar-refractivity contribution in [3.63, 3.8) is 0 Å². The molecule has 0 bridgehead atoms. The van der Waals surface area contributed by atoms with E-state index in [0.29, 0.717) is 24.9 Å². The summed E-state index contributed by atoms with van der Waals surface area (Å²) in [6.07, 6.45) is 2.97. The average Bonchev–Trinajstić information content (AvgIpc) is 2.95. The van der Waals surface area contributed by atoms with Crippen molar-refractivity contribution >= 4 is 17.7 Å². The van der Waals surface area contributed by atoms with Crippen LogP contribution in [-0.4, -0.2) is 56.8 Å². The topological polar surface area (TPSA) is 84.6 Å². The maximum absolute atomic E-state index is 11.5. The first kappa shape index (κ1) is 13.6. The second kappa shape index (κ2) is 5.55. The normalized spacial score (nSPS) is 16.2. The van der Waals surface area contributed by atoms with E-state index in [-0.39, 0.29) is 6.09 Å². The molecule has 1 aliphatic rings. The molecule has 1 fully saturated rings. The molecule has 1 N–H and O–H groups in total. The summed E-state index contributed by atoms with van der Waals surface area (Å²) < 4.78 is 6.44. The molecule has 8 nitrogen and oxygen atoms in total. The number of aryl methyl sites for hydroxylation is 1. The van der Waals surface area contributed by atoms with Crippen LogP contribution in [0.5, 0.6) is 0 Å². The van der Waals surface area contributed by atoms with Gasteiger partial charge in [-0.25, -0.2) is 9.78 Å². The van der Waals surface area contributed by atoms with E-state index in [1.807, 2.05) is 13.0 Å². The second-order valence-corrected chi connectivity index (χ2v) is 5.13. The maximum atomic E-state index is 11.5. The monoisotopic (exact) mass is 290 g/mol. The van der Waals surface area contributed by atoms with Gasteiger partial charge < -0.3 is 15.0 Å². The lowest BCUT2D eigenvalue weighted by Gasteiger charge is -2.31. The summed E-state index contributed by atoms with van der Waals surface area (Å²) >= 11 is 0. The molecule has 112 valence electrons. The zero-order valence-corrected chi connectivity index (χ0v) is 12.1. The lowest BCUT2D eigenvalue weighted by atomic mass is 10.1. The van der Waals surface area contributed by atoms with Crippen molar-refractivity contribution in [3.05, 3.63) is 18.1 Å². The Morgan fingerprint density at radius 3 is 2.90 bits per heavy atom. The minimum Gasteiger partial charge on any atom is -0.453 e. The van der Waals surface area contributed by atoms with Gasteiger partial charge in [-0.05, 0) is 19.8 Å². The molecule has 8 heteroatoms. The number of ether oxygens (including phenoxy) is 1. The van der Waals surface area contributed by atoms with E-state index in [2.05, 4.69) is 20.4 Å². The number of aromatic nitrogens is 4. The molecule has 1 saturated heterocycles. The third-order valence-corrected chi connectivity index (χ3v) is 3.66. The van der Waals surface area contributed by atoms with Gasteiger partial charge in [0.05, 0.1) is 7.11 Å². The molecule has 0 aromatic carbocycles. The molecule has 1 amide bonds. The second-order valence-electron chi connectivity index (χ2n) is 5.13. The zero-order chi connectivity index (χ0) is 14.8. The van der Waals surface area contributed by atoms with Gasteiger partial charge in [0.2, 0.25) is 0 Å². The number of amides is 1. The SMILES string of the molecule is COC(=O)N1CCC(Nc2cc(C)nc3ncnn23)CC1. The summed E-state index contributed by atoms with van der Waals surface area (Å²) in [6, 6.07) is 2.24. The molecule has 0 saturated carbocycles. The fourth-order valence-corrected chi connectivity index (χ4v) is 2.58. The molecule has 0 spiro atoms. The summed E-state index contributed by atoms with van der Waals surface area (Å²) in [5.41, 5.74) is 0.894. The number of carbonyl (C=O) groups is 1. The molecule has 0 radical (unpaired) electrons. The van der Waals surface area contributed by atoms with Crippen LogP contribution in [0.2, 0.25) is 0 Å². The summed E-state index contributed by atoms with van der Waals surface area (Å²) in [7, 11) is 1.41. The number of carbonyl (C=O) groups excluding carboxylic acids is 1. The molecule has 0 aliphatic carbocycles. The van der Waals surface area contributed by atoms with Crippen molar-refractivity contribution in [2.45, 2.75) is 25.8 Å². The zero-order valence-electron chi connectivity index (χ0n) is 12.1. The van der Waals surface area contributed by atoms with Crippen molar-refractivity contribution in [2.24, 2.45) is 0 Å². The molecule has 3 heterocycles. The van der Waals surface area contributed by atoms with Crippen molar-refractivity contribution in [1.82, 2.24) is 24.5 Å². The van der Waals surface area contributed by atoms with E-state index < -0.39 is 0 Å². The highest BCUT2D eigenvalue weighted by Gasteiger charge is 2.23. The van der Waals surface area contributed by atoms with Crippen LogP contribution in [0.1, 0.15) is 18.5 Å². The number of piperidine rings is 1. The Labute approximate surface area is 122 Å². The van der Waals surface area contributed by atoms with E-state index in [4.69, 9.17) is 4.74 Å². The van der Waals surface area contributed by atoms with Crippen molar-refractivity contribution in [2.75, 3.05) is 25.5 Å². The van der Waals surface area contributed by atoms with Crippen LogP contribution in [0, 0.1) is 6.92 Å². The number of likely N-dealkylation sites (tertiary alicyclic amines) is 1. The first-order valence-electron chi connectivity index (χ1n) is 6.94. The smallest absolute Gasteiger partial charge is 0.409 e. The van der Waals surface area contributed by atoms with E-state index in [9.17, 15) is 4.79 Å². The number of nitrogens with zero attached hydrogens (tertiary/aromatic N) is 5. The van der Waals surface area contributed by atoms with Crippen LogP contribution in [0.3, 0.4) is 0 Å². The lowest BCUT2D eigenvalue weighted by Crippen LogP contribution is -2.42. The van der Waals surface area contributed by atoms with Gasteiger partial charge in [0, 0.05) is 30.9 Å². The Morgan fingerprint density at radius 1 is 1.43 bits per heavy atom. The van der Waals surface area contributed by atoms with Gasteiger partial charge in [0.15, 0.2) is 0 Å². The molecular weight excluding hydrogens is 272 g/mol. The predicted molar refractivity (Wildman–Crippen MR) is 76.1 cm³/mol. The largest absolute Gasteiger partial charge is 0.453 e. The van der Waals surface area contributed by atoms with E-state index >= 15 is 0 Å². The highest BCUT2D eigenvalue weighted by atomic mass is 16.5. The molecule has 21 heavy (non-hydrogen) atoms. The van der Waals surface area contributed by atoms with Crippen molar-refractivity contribution < 1.29 is 9.53 Å². The number of fused-ring (bicyclic) bond motifs is 1. The van der Waals surface area contributed by atoms with Crippen LogP contribution in [0.15, 0.2) is 12.4 Å². The molecule has 2 aromatic heterocycles. The Balaban J connectivity index is 1.70. The van der Waals surface area contributed by atoms with Crippen LogP contribution >= 0.6 is 0 Å². The van der Waals surface area contributed by atoms with Gasteiger partial charge in [-0.3, -0.25) is 0 Å². The van der Waals surface area contributed by atoms with Gasteiger partial charge >= 0.3 is 6.09 Å². The molecule has 0 unspecified atom stereocenters. The number of nitrogens with one attached hydrogen (secondary N) is 1. The summed E-state index contributed by atoms with van der Waals surface area (Å²) in [5, 5.41) is 7.65. The van der Waals surface area contributed by atoms with E-state index in [1.54, 1.807) is 9.42 Å². The van der Waals surface area contributed by atoms with E-state index in [1.165, 1.54) is 13.4 Å². The predicted octanol–water partition coefficient (Wildman–Crippen LogP) is 1.08. The molecular formula is C13H18N6O2. The average molecular weight is 290 g/mol. The molecule has 3 rings (SSSR count). The van der Waals surface area contributed by atoms with Crippen LogP contribution in [0.4, 0.5) is 10.6 Å². The maximum Gasteiger partial charge on any atom is 0.409 e. The van der Waals surface area contributed by atoms with Crippen LogP contribution < -0.4 is 5.32 Å². The number of hydrogen-bond acceptors (Lipinski definition) is 6. The van der Waals surface area contributed by atoms with Crippen LogP contribution in [0.25, 0.3) is 5.78 Å². The fraction of sp³-hybridized carbons (Fsp3) is 0.538. The molecule has 0 atom stereocenters. The van der Waals surface area contributed by atoms with Gasteiger partial charge in [-0.2, -0.15) is 14.6 Å². The first-order chi connectivity index (χ1) is 10.2. The molecule has 2 aromatic rings. The van der Waals surface area contributed by atoms with E-state index in [0.717, 1.165) is 24.4 Å². The van der Waals surface area contributed by atoms with Gasteiger partial charge in [-0.1, -0.05) is 0 Å². The fourth-order valence-electron chi connectivity index (χ4n) is 2.58. The van der Waals surface area contributed by atoms with Gasteiger partial charge in [-0.15, -0.1) is 0 Å². The van der Waals surface area contributed by atoms with Gasteiger partial charge in [0.1, 0.15) is 12.1 Å². The highest BCUT2D eigenvalue weighted by Crippen LogP contribution is 2.18. The standard InChI is InChI=1S/C13H18N6O2/c1-9-7-11(19-12(16-9)14-8-15-19)17-10-3-5-18(6-4-10)13(20)21-2/h7-8,10,17H,3-6H2,1-2H3. The number of rotatable bonds is 2. The van der Waals surface area contributed by atoms with Crippen molar-refractivity contribution in [3.8, 4) is 0 Å². The summed E-state index contributed by atoms with van der Waals surface area (Å²) in [6.45, 7) is 3.31. The minimum atomic E-state index is -0.258. The summed E-state index contributed by atoms with van der Waals surface area (Å²) in [4.78, 5) is 21.6. The lowest BCUT2D eigenvalue weighted by molar-refractivity contribution is 0.113. The Morgan fingerprint density at radius 2 is 2.19 bits per heavy atom. The number of anilines is 1. The Kier molecular flexibility index (Phi) is 3.59. The quantitative estimate of drug-likeness (QED) is 0.890. The highest BCUT2D eigenvalue weighted by molar-refractivity contribution is 5.67. The number of methoxy groups -OCH3 is 1. The Hall–Kier alpha value is -2.38. The number of hydrogen-bond donors (Lipinski definition) is 1. The first-order valence-corrected chi connectivity index (χ1v) is 6.94. The van der Waals surface area contributed by atoms with Gasteiger partial charge in [0.25, 0.3) is 5.78 Å². The third-order valence-electron chi connectivity index (χ3n) is 3.66. The Bertz CT molecular complexity index is 647. The third kappa shape index (κ3) is 2.74. The minimum absolute atomic E-state index is 0.258. The van der Waals surface area contributed by atoms with Crippen LogP contribution in [-0.2, 0) is 4.74 Å².